The molecular weight excluding hydrogens is 1650 g/mol. The molecule has 0 saturated heterocycles. The normalized spacial score (nSPS) is 12.8. The molecule has 0 aliphatic heterocycles. The van der Waals surface area contributed by atoms with Gasteiger partial charge in [-0.2, -0.15) is 15.2 Å². The fourth-order valence-corrected chi connectivity index (χ4v) is 11.4. The Kier molecular flexibility index (Phi) is 38.9. The van der Waals surface area contributed by atoms with Crippen LogP contribution in [0.2, 0.25) is 0 Å². The number of amides is 4. The maximum Gasteiger partial charge on any atom is 0.408 e. The molecular formula is C94H121Br2N13O11. The Morgan fingerprint density at radius 2 is 0.658 bits per heavy atom. The minimum atomic E-state index is -0.529. The third kappa shape index (κ3) is 37.4. The van der Waals surface area contributed by atoms with Crippen LogP contribution < -0.4 is 38.5 Å². The molecule has 6 atom stereocenters. The van der Waals surface area contributed by atoms with Crippen LogP contribution in [-0.2, 0) is 31.8 Å². The van der Waals surface area contributed by atoms with Gasteiger partial charge in [0.25, 0.3) is 11.8 Å². The number of aromatic nitrogens is 4. The summed E-state index contributed by atoms with van der Waals surface area (Å²) in [5.41, 5.74) is 28.5. The maximum atomic E-state index is 12.0. The standard InChI is InChI=1S/C25H31N3O3.C20H23N3O.C14H21N3O3.C14H18N2O2.C13H18BrNO2.C8H10BrN/c1-16(2)15-18-7-9-21(10-8-18)23-27-22(28-31-23)20-13-11-19(12-14-20)17(3)26-24(29)30-25(4,5)6;1-13(2)12-15-4-6-18(7-5-15)20-22-19(23-24-20)17-10-8-16(9-11-17)14(3)21;1-9(16-13(18)20-14(2,3)4)10-5-7-11(8-6-10)12(15)17-19;1-10(16-13(17)18-14(2,3)4)12-7-5-11(9-15)6-8-12;1-9(10-5-7-11(14)8-6-10)15-12(16)17-13(2,3)4;1-6(10)7-2-4-8(9)5-3-7/h7-14,16-17H,15H2,1-6H3,(H,26,29);4-11,13-14H,12,21H2,1-3H3;5-9,19H,1-4H3,(H2,15,17)(H,16,18);5-8,10H,1-4H3,(H,16,17);5-9H,1-4H3,(H,15,16);2-6H,10H2,1H3/t17-;14-;9-;10-;9-;6-/m111111/s1. The number of carbonyl (C=O) groups excluding carboxylic acids is 4. The average molecular weight is 1770 g/mol. The van der Waals surface area contributed by atoms with Crippen molar-refractivity contribution >= 4 is 62.1 Å². The minimum absolute atomic E-state index is 0.0178. The number of nitrogens with two attached hydrogens (primary N) is 3. The molecule has 26 heteroatoms. The summed E-state index contributed by atoms with van der Waals surface area (Å²) < 4.78 is 33.9. The van der Waals surface area contributed by atoms with E-state index in [1.54, 1.807) is 36.4 Å². The van der Waals surface area contributed by atoms with E-state index in [1.807, 2.05) is 258 Å². The number of nitrogens with zero attached hydrogens (tertiary/aromatic N) is 6. The van der Waals surface area contributed by atoms with Crippen molar-refractivity contribution in [2.24, 2.45) is 34.2 Å². The van der Waals surface area contributed by atoms with Gasteiger partial charge in [0.15, 0.2) is 5.84 Å². The number of alkyl carbamates (subject to hydrolysis) is 4. The van der Waals surface area contributed by atoms with Gasteiger partial charge in [-0.05, 0) is 254 Å². The summed E-state index contributed by atoms with van der Waals surface area (Å²) in [5, 5.41) is 39.5. The van der Waals surface area contributed by atoms with Gasteiger partial charge >= 0.3 is 24.4 Å². The fraction of sp³-hybridized carbons (Fsp3) is 0.383. The lowest BCUT2D eigenvalue weighted by atomic mass is 10.0. The maximum absolute atomic E-state index is 12.0. The highest BCUT2D eigenvalue weighted by Gasteiger charge is 2.24. The topological polar surface area (TPSA) is 366 Å². The van der Waals surface area contributed by atoms with Crippen molar-refractivity contribution in [1.82, 2.24) is 41.5 Å². The second-order valence-electron chi connectivity index (χ2n) is 33.7. The van der Waals surface area contributed by atoms with E-state index in [2.05, 4.69) is 137 Å². The van der Waals surface area contributed by atoms with Crippen LogP contribution in [0.25, 0.3) is 45.7 Å². The highest BCUT2D eigenvalue weighted by atomic mass is 79.9. The van der Waals surface area contributed by atoms with E-state index >= 15 is 0 Å². The van der Waals surface area contributed by atoms with Crippen LogP contribution in [0.5, 0.6) is 0 Å². The summed E-state index contributed by atoms with van der Waals surface area (Å²) >= 11 is 6.73. The Bertz CT molecular complexity index is 4850. The first-order valence-electron chi connectivity index (χ1n) is 39.8. The van der Waals surface area contributed by atoms with Crippen LogP contribution in [0.15, 0.2) is 217 Å². The van der Waals surface area contributed by atoms with Gasteiger partial charge in [-0.1, -0.05) is 208 Å². The van der Waals surface area contributed by atoms with Gasteiger partial charge in [0.1, 0.15) is 22.4 Å². The van der Waals surface area contributed by atoms with Crippen LogP contribution in [-0.4, -0.2) is 78.1 Å². The number of carbonyl (C=O) groups is 4. The van der Waals surface area contributed by atoms with E-state index in [0.717, 1.165) is 71.9 Å². The molecule has 10 aromatic rings. The first-order valence-corrected chi connectivity index (χ1v) is 41.4. The fourth-order valence-electron chi connectivity index (χ4n) is 10.9. The van der Waals surface area contributed by atoms with Gasteiger partial charge in [0, 0.05) is 48.8 Å². The Morgan fingerprint density at radius 3 is 0.917 bits per heavy atom. The molecule has 120 heavy (non-hydrogen) atoms. The first-order chi connectivity index (χ1) is 56.1. The zero-order valence-electron chi connectivity index (χ0n) is 73.2. The van der Waals surface area contributed by atoms with Crippen molar-refractivity contribution < 1.29 is 52.4 Å². The van der Waals surface area contributed by atoms with Gasteiger partial charge in [0.05, 0.1) is 35.8 Å². The van der Waals surface area contributed by atoms with E-state index < -0.39 is 46.8 Å². The summed E-state index contributed by atoms with van der Waals surface area (Å²) in [6.45, 7) is 42.3. The van der Waals surface area contributed by atoms with Crippen LogP contribution in [0, 0.1) is 23.2 Å². The molecule has 10 rings (SSSR count). The second kappa shape index (κ2) is 46.9. The lowest BCUT2D eigenvalue weighted by Gasteiger charge is -2.22. The summed E-state index contributed by atoms with van der Waals surface area (Å²) in [5.74, 6) is 3.46. The number of oxime groups is 1. The molecule has 0 aliphatic rings. The van der Waals surface area contributed by atoms with E-state index in [4.69, 9.17) is 55.7 Å². The third-order valence-corrected chi connectivity index (χ3v) is 18.0. The smallest absolute Gasteiger partial charge is 0.408 e. The average Bonchev–Trinajstić information content (AvgIpc) is 1.73. The molecule has 0 saturated carbocycles. The first kappa shape index (κ1) is 99.3. The molecule has 0 unspecified atom stereocenters. The quantitative estimate of drug-likeness (QED) is 0.0123. The lowest BCUT2D eigenvalue weighted by Crippen LogP contribution is -2.34. The van der Waals surface area contributed by atoms with Crippen molar-refractivity contribution in [3.8, 4) is 51.8 Å². The molecule has 0 aliphatic carbocycles. The van der Waals surface area contributed by atoms with Gasteiger partial charge in [0.2, 0.25) is 11.6 Å². The van der Waals surface area contributed by atoms with Gasteiger partial charge in [-0.25, -0.2) is 19.2 Å². The van der Waals surface area contributed by atoms with Crippen LogP contribution in [0.4, 0.5) is 19.2 Å². The molecule has 0 fully saturated rings. The predicted molar refractivity (Wildman–Crippen MR) is 482 cm³/mol. The van der Waals surface area contributed by atoms with Crippen molar-refractivity contribution in [3.63, 3.8) is 0 Å². The SMILES string of the molecule is CC(C)Cc1ccc(-c2nc(-c3ccc([C@@H](C)N)cc3)no2)cc1.CC(C)Cc1ccc(-c2nc(-c3ccc([C@@H](C)NC(=O)OC(C)(C)C)cc3)no2)cc1.C[C@@H](N)c1ccc(Br)cc1.C[C@@H](NC(=O)OC(C)(C)C)c1ccc(/C(N)=N/O)cc1.C[C@@H](NC(=O)OC(C)(C)C)c1ccc(Br)cc1.C[C@@H](NC(=O)OC(C)(C)C)c1ccc(C#N)cc1. The summed E-state index contributed by atoms with van der Waals surface area (Å²) in [7, 11) is 0. The Balaban J connectivity index is 0.000000263. The number of hydrogen-bond donors (Lipinski definition) is 8. The number of benzene rings is 8. The van der Waals surface area contributed by atoms with E-state index in [-0.39, 0.29) is 42.1 Å². The summed E-state index contributed by atoms with van der Waals surface area (Å²) in [6.07, 6.45) is 0.369. The second-order valence-corrected chi connectivity index (χ2v) is 35.5. The Labute approximate surface area is 725 Å². The van der Waals surface area contributed by atoms with Gasteiger partial charge in [-0.3, -0.25) is 0 Å². The number of amidine groups is 1. The molecule has 4 amide bonds. The largest absolute Gasteiger partial charge is 0.444 e. The lowest BCUT2D eigenvalue weighted by molar-refractivity contribution is 0.0496. The molecule has 0 radical (unpaired) electrons. The molecule has 8 aromatic carbocycles. The molecule has 0 bridgehead atoms. The Morgan fingerprint density at radius 1 is 0.408 bits per heavy atom. The number of nitrogens with one attached hydrogen (secondary N) is 4. The number of halogens is 2. The highest BCUT2D eigenvalue weighted by molar-refractivity contribution is 9.10. The van der Waals surface area contributed by atoms with Crippen LogP contribution in [0.3, 0.4) is 0 Å². The third-order valence-electron chi connectivity index (χ3n) is 17.0. The molecule has 24 nitrogen and oxygen atoms in total. The van der Waals surface area contributed by atoms with Crippen molar-refractivity contribution in [1.29, 1.82) is 5.26 Å². The molecule has 2 aromatic heterocycles. The van der Waals surface area contributed by atoms with Crippen LogP contribution >= 0.6 is 31.9 Å². The van der Waals surface area contributed by atoms with Crippen molar-refractivity contribution in [2.45, 2.75) is 224 Å². The van der Waals surface area contributed by atoms with Crippen LogP contribution in [0.1, 0.15) is 244 Å². The number of ether oxygens (including phenoxy) is 4. The number of nitriles is 1. The molecule has 11 N–H and O–H groups in total. The summed E-state index contributed by atoms with van der Waals surface area (Å²) in [4.78, 5) is 55.8. The molecule has 642 valence electrons. The Hall–Kier alpha value is -11.2. The number of rotatable bonds is 19. The zero-order valence-corrected chi connectivity index (χ0v) is 76.4. The predicted octanol–water partition coefficient (Wildman–Crippen LogP) is 22.8. The van der Waals surface area contributed by atoms with Crippen molar-refractivity contribution in [3.05, 3.63) is 259 Å². The summed E-state index contributed by atoms with van der Waals surface area (Å²) in [6, 6.07) is 63.8. The van der Waals surface area contributed by atoms with E-state index in [0.29, 0.717) is 46.4 Å². The molecule has 2 heterocycles. The van der Waals surface area contributed by atoms with Crippen molar-refractivity contribution in [2.75, 3.05) is 0 Å². The minimum Gasteiger partial charge on any atom is -0.444 e. The van der Waals surface area contributed by atoms with E-state index in [1.165, 1.54) is 16.7 Å². The van der Waals surface area contributed by atoms with E-state index in [9.17, 15) is 19.2 Å². The monoisotopic (exact) mass is 1770 g/mol. The molecule has 0 spiro atoms. The van der Waals surface area contributed by atoms with Gasteiger partial charge < -0.3 is 71.7 Å². The zero-order chi connectivity index (χ0) is 89.4. The van der Waals surface area contributed by atoms with Gasteiger partial charge in [-0.15, -0.1) is 0 Å². The highest BCUT2D eigenvalue weighted by Crippen LogP contribution is 2.29. The number of hydrogen-bond acceptors (Lipinski definition) is 19.